The number of aryl methyl sites for hydroxylation is 1. The van der Waals surface area contributed by atoms with Crippen LogP contribution in [0.25, 0.3) is 11.0 Å². The van der Waals surface area contributed by atoms with Crippen molar-refractivity contribution in [3.8, 4) is 0 Å². The smallest absolute Gasteiger partial charge is 0.350 e. The molecular formula is C21H14N2O5S2. The Morgan fingerprint density at radius 2 is 2.00 bits per heavy atom. The number of anilines is 1. The number of para-hydroxylation sites is 1. The third-order valence-corrected chi connectivity index (χ3v) is 7.01. The van der Waals surface area contributed by atoms with Gasteiger partial charge in [0.05, 0.1) is 23.8 Å². The van der Waals surface area contributed by atoms with E-state index in [4.69, 9.17) is 9.15 Å². The van der Waals surface area contributed by atoms with Crippen molar-refractivity contribution >= 4 is 50.7 Å². The molecule has 0 aliphatic carbocycles. The third-order valence-electron chi connectivity index (χ3n) is 4.95. The van der Waals surface area contributed by atoms with E-state index < -0.39 is 17.9 Å². The van der Waals surface area contributed by atoms with Crippen LogP contribution in [-0.2, 0) is 4.74 Å². The first-order chi connectivity index (χ1) is 14.5. The normalized spacial score (nSPS) is 15.6. The number of thiazole rings is 1. The molecule has 9 heteroatoms. The first kappa shape index (κ1) is 18.7. The first-order valence-electron chi connectivity index (χ1n) is 8.99. The van der Waals surface area contributed by atoms with Gasteiger partial charge in [0.1, 0.15) is 16.5 Å². The van der Waals surface area contributed by atoms with Crippen molar-refractivity contribution in [1.82, 2.24) is 4.98 Å². The Kier molecular flexibility index (Phi) is 4.30. The van der Waals surface area contributed by atoms with E-state index in [1.165, 1.54) is 23.3 Å². The molecule has 4 aromatic rings. The summed E-state index contributed by atoms with van der Waals surface area (Å²) >= 11 is 2.49. The van der Waals surface area contributed by atoms with Crippen LogP contribution in [0.3, 0.4) is 0 Å². The van der Waals surface area contributed by atoms with E-state index in [0.717, 1.165) is 16.2 Å². The maximum Gasteiger partial charge on any atom is 0.350 e. The van der Waals surface area contributed by atoms with Gasteiger partial charge in [0.25, 0.3) is 5.91 Å². The van der Waals surface area contributed by atoms with E-state index in [-0.39, 0.29) is 16.8 Å². The van der Waals surface area contributed by atoms with Crippen molar-refractivity contribution in [3.63, 3.8) is 0 Å². The van der Waals surface area contributed by atoms with E-state index in [1.807, 2.05) is 17.5 Å². The van der Waals surface area contributed by atoms with Crippen LogP contribution in [0.5, 0.6) is 0 Å². The van der Waals surface area contributed by atoms with Gasteiger partial charge in [-0.05, 0) is 30.5 Å². The maximum absolute atomic E-state index is 13.4. The van der Waals surface area contributed by atoms with Gasteiger partial charge in [-0.2, -0.15) is 0 Å². The fraction of sp³-hybridized carbons (Fsp3) is 0.143. The molecule has 4 heterocycles. The van der Waals surface area contributed by atoms with Crippen molar-refractivity contribution in [2.45, 2.75) is 13.0 Å². The molecule has 150 valence electrons. The van der Waals surface area contributed by atoms with Gasteiger partial charge < -0.3 is 9.15 Å². The minimum absolute atomic E-state index is 0.00423. The molecule has 1 aromatic carbocycles. The van der Waals surface area contributed by atoms with Crippen LogP contribution in [-0.4, -0.2) is 24.0 Å². The highest BCUT2D eigenvalue weighted by Crippen LogP contribution is 2.44. The Balaban J connectivity index is 1.77. The number of hydrogen-bond donors (Lipinski definition) is 0. The molecule has 0 saturated carbocycles. The van der Waals surface area contributed by atoms with Crippen LogP contribution in [0.2, 0.25) is 0 Å². The van der Waals surface area contributed by atoms with Crippen molar-refractivity contribution in [2.75, 3.05) is 12.0 Å². The molecule has 0 bridgehead atoms. The lowest BCUT2D eigenvalue weighted by Crippen LogP contribution is -2.28. The number of carbonyl (C=O) groups excluding carboxylic acids is 2. The number of amides is 1. The third kappa shape index (κ3) is 2.62. The molecule has 30 heavy (non-hydrogen) atoms. The monoisotopic (exact) mass is 438 g/mol. The standard InChI is InChI=1S/C21H14N2O5S2/c1-10-18(20(26)27-2)30-21(22-10)23-15(13-8-5-9-29-13)14-16(24)11-6-3-4-7-12(11)28-17(14)19(23)25/h3-9,15H,1-2H3. The summed E-state index contributed by atoms with van der Waals surface area (Å²) in [5.74, 6) is -0.978. The predicted molar refractivity (Wildman–Crippen MR) is 114 cm³/mol. The summed E-state index contributed by atoms with van der Waals surface area (Å²) in [6.45, 7) is 1.68. The molecule has 1 amide bonds. The molecule has 0 saturated heterocycles. The summed E-state index contributed by atoms with van der Waals surface area (Å²) in [4.78, 5) is 45.8. The minimum Gasteiger partial charge on any atom is -0.465 e. The number of esters is 1. The minimum atomic E-state index is -0.676. The average Bonchev–Trinajstić information content (AvgIpc) is 3.46. The topological polar surface area (TPSA) is 89.7 Å². The lowest BCUT2D eigenvalue weighted by Gasteiger charge is -2.20. The largest absolute Gasteiger partial charge is 0.465 e. The highest BCUT2D eigenvalue weighted by atomic mass is 32.1. The number of thiophene rings is 1. The number of benzene rings is 1. The molecule has 1 aliphatic rings. The summed E-state index contributed by atoms with van der Waals surface area (Å²) in [5.41, 5.74) is 0.850. The maximum atomic E-state index is 13.4. The number of nitrogens with zero attached hydrogens (tertiary/aromatic N) is 2. The second-order valence-electron chi connectivity index (χ2n) is 6.67. The molecule has 0 N–H and O–H groups in total. The fourth-order valence-corrected chi connectivity index (χ4v) is 5.44. The van der Waals surface area contributed by atoms with Gasteiger partial charge in [-0.1, -0.05) is 29.5 Å². The second kappa shape index (κ2) is 6.89. The predicted octanol–water partition coefficient (Wildman–Crippen LogP) is 4.16. The SMILES string of the molecule is COC(=O)c1sc(N2C(=O)c3oc4ccccc4c(=O)c3C2c2cccs2)nc1C. The van der Waals surface area contributed by atoms with E-state index in [1.54, 1.807) is 31.2 Å². The molecule has 5 rings (SSSR count). The van der Waals surface area contributed by atoms with Crippen LogP contribution in [0.4, 0.5) is 5.13 Å². The number of rotatable bonds is 3. The molecule has 1 atom stereocenters. The molecule has 0 spiro atoms. The Bertz CT molecular complexity index is 1370. The van der Waals surface area contributed by atoms with Crippen LogP contribution in [0.15, 0.2) is 51.0 Å². The van der Waals surface area contributed by atoms with Gasteiger partial charge in [0.15, 0.2) is 10.6 Å². The van der Waals surface area contributed by atoms with Gasteiger partial charge >= 0.3 is 5.97 Å². The molecule has 3 aromatic heterocycles. The van der Waals surface area contributed by atoms with E-state index in [2.05, 4.69) is 4.98 Å². The average molecular weight is 438 g/mol. The Hall–Kier alpha value is -3.30. The lowest BCUT2D eigenvalue weighted by molar-refractivity contribution is 0.0605. The van der Waals surface area contributed by atoms with Crippen LogP contribution < -0.4 is 10.3 Å². The van der Waals surface area contributed by atoms with Gasteiger partial charge in [-0.25, -0.2) is 9.78 Å². The zero-order valence-electron chi connectivity index (χ0n) is 15.9. The van der Waals surface area contributed by atoms with Crippen LogP contribution >= 0.6 is 22.7 Å². The van der Waals surface area contributed by atoms with Crippen molar-refractivity contribution in [2.24, 2.45) is 0 Å². The highest BCUT2D eigenvalue weighted by molar-refractivity contribution is 7.17. The Morgan fingerprint density at radius 1 is 1.20 bits per heavy atom. The summed E-state index contributed by atoms with van der Waals surface area (Å²) in [6, 6.07) is 9.89. The molecule has 1 aliphatic heterocycles. The number of aromatic nitrogens is 1. The van der Waals surface area contributed by atoms with Gasteiger partial charge in [0.2, 0.25) is 5.76 Å². The highest BCUT2D eigenvalue weighted by Gasteiger charge is 2.45. The summed E-state index contributed by atoms with van der Waals surface area (Å²) in [6.07, 6.45) is 0. The fourth-order valence-electron chi connectivity index (χ4n) is 3.60. The molecule has 7 nitrogen and oxygen atoms in total. The molecule has 0 fully saturated rings. The summed E-state index contributed by atoms with van der Waals surface area (Å²) in [5, 5.41) is 2.61. The molecule has 1 unspecified atom stereocenters. The Morgan fingerprint density at radius 3 is 2.73 bits per heavy atom. The number of fused-ring (bicyclic) bond motifs is 2. The summed E-state index contributed by atoms with van der Waals surface area (Å²) < 4.78 is 10.7. The quantitative estimate of drug-likeness (QED) is 0.446. The molecular weight excluding hydrogens is 424 g/mol. The van der Waals surface area contributed by atoms with E-state index >= 15 is 0 Å². The second-order valence-corrected chi connectivity index (χ2v) is 8.62. The number of ether oxygens (including phenoxy) is 1. The van der Waals surface area contributed by atoms with Gasteiger partial charge in [-0.3, -0.25) is 14.5 Å². The van der Waals surface area contributed by atoms with Crippen molar-refractivity contribution in [3.05, 3.63) is 78.8 Å². The van der Waals surface area contributed by atoms with Gasteiger partial charge in [0, 0.05) is 4.88 Å². The van der Waals surface area contributed by atoms with Crippen molar-refractivity contribution < 1.29 is 18.7 Å². The number of carbonyl (C=O) groups is 2. The van der Waals surface area contributed by atoms with E-state index in [9.17, 15) is 14.4 Å². The van der Waals surface area contributed by atoms with Crippen LogP contribution in [0, 0.1) is 6.92 Å². The first-order valence-corrected chi connectivity index (χ1v) is 10.7. The number of hydrogen-bond acceptors (Lipinski definition) is 8. The Labute approximate surface area is 178 Å². The van der Waals surface area contributed by atoms with E-state index in [0.29, 0.717) is 26.7 Å². The van der Waals surface area contributed by atoms with Crippen LogP contribution in [0.1, 0.15) is 42.4 Å². The summed E-state index contributed by atoms with van der Waals surface area (Å²) in [7, 11) is 1.29. The zero-order valence-corrected chi connectivity index (χ0v) is 17.5. The van der Waals surface area contributed by atoms with Crippen molar-refractivity contribution in [1.29, 1.82) is 0 Å². The lowest BCUT2D eigenvalue weighted by atomic mass is 10.0. The molecule has 0 radical (unpaired) electrons. The van der Waals surface area contributed by atoms with Gasteiger partial charge in [-0.15, -0.1) is 11.3 Å². The zero-order chi connectivity index (χ0) is 21.0. The number of methoxy groups -OCH3 is 1.